The Morgan fingerprint density at radius 2 is 1.40 bits per heavy atom. The van der Waals surface area contributed by atoms with Crippen molar-refractivity contribution in [3.63, 3.8) is 0 Å². The zero-order chi connectivity index (χ0) is 21.1. The molecule has 0 bridgehead atoms. The van der Waals surface area contributed by atoms with E-state index in [1.165, 1.54) is 0 Å². The second kappa shape index (κ2) is 13.8. The largest absolute Gasteiger partial charge is 0.493 e. The molecule has 2 rings (SSSR count). The predicted molar refractivity (Wildman–Crippen MR) is 131 cm³/mol. The van der Waals surface area contributed by atoms with Gasteiger partial charge in [0.2, 0.25) is 0 Å². The summed E-state index contributed by atoms with van der Waals surface area (Å²) in [4.78, 5) is 4.67. The first kappa shape index (κ1) is 25.7. The minimum absolute atomic E-state index is 0. The molecular weight excluding hydrogens is 497 g/mol. The van der Waals surface area contributed by atoms with Gasteiger partial charge in [-0.1, -0.05) is 12.1 Å². The van der Waals surface area contributed by atoms with Crippen LogP contribution in [0.3, 0.4) is 0 Å². The Balaban J connectivity index is 0.00000450. The van der Waals surface area contributed by atoms with Gasteiger partial charge in [-0.2, -0.15) is 0 Å². The van der Waals surface area contributed by atoms with Crippen LogP contribution in [0.5, 0.6) is 23.0 Å². The molecule has 8 heteroatoms. The quantitative estimate of drug-likeness (QED) is 0.276. The fraction of sp³-hybridized carbons (Fsp3) is 0.409. The molecule has 0 amide bonds. The Morgan fingerprint density at radius 3 is 2.00 bits per heavy atom. The number of hydrogen-bond donors (Lipinski definition) is 2. The number of rotatable bonds is 10. The molecule has 0 unspecified atom stereocenters. The van der Waals surface area contributed by atoms with E-state index in [0.29, 0.717) is 31.2 Å². The fourth-order valence-corrected chi connectivity index (χ4v) is 2.78. The molecule has 2 aromatic rings. The number of halogens is 1. The van der Waals surface area contributed by atoms with Gasteiger partial charge in [0.1, 0.15) is 0 Å². The zero-order valence-corrected chi connectivity index (χ0v) is 20.6. The molecule has 166 valence electrons. The molecule has 0 aromatic heterocycles. The highest BCUT2D eigenvalue weighted by atomic mass is 127. The molecule has 2 aromatic carbocycles. The highest BCUT2D eigenvalue weighted by Crippen LogP contribution is 2.28. The Labute approximate surface area is 196 Å². The molecule has 0 aliphatic carbocycles. The SMILES string of the molecule is CCNC(=NCc1ccc(OC)c(OCC)c1)NCc1ccc(OC)c(OC)c1.I. The van der Waals surface area contributed by atoms with Crippen LogP contribution < -0.4 is 29.6 Å². The summed E-state index contributed by atoms with van der Waals surface area (Å²) in [6.45, 7) is 6.47. The molecule has 0 aliphatic rings. The predicted octanol–water partition coefficient (Wildman–Crippen LogP) is 3.98. The van der Waals surface area contributed by atoms with Gasteiger partial charge in [0.25, 0.3) is 0 Å². The highest BCUT2D eigenvalue weighted by molar-refractivity contribution is 14.0. The van der Waals surface area contributed by atoms with E-state index in [4.69, 9.17) is 18.9 Å². The molecule has 7 nitrogen and oxygen atoms in total. The van der Waals surface area contributed by atoms with Gasteiger partial charge in [0.05, 0.1) is 34.5 Å². The maximum Gasteiger partial charge on any atom is 0.191 e. The first-order valence-electron chi connectivity index (χ1n) is 9.67. The highest BCUT2D eigenvalue weighted by Gasteiger charge is 2.07. The molecule has 0 fully saturated rings. The summed E-state index contributed by atoms with van der Waals surface area (Å²) in [7, 11) is 4.89. The summed E-state index contributed by atoms with van der Waals surface area (Å²) in [5, 5.41) is 6.61. The maximum absolute atomic E-state index is 5.64. The van der Waals surface area contributed by atoms with E-state index in [9.17, 15) is 0 Å². The molecule has 0 saturated heterocycles. The van der Waals surface area contributed by atoms with Crippen molar-refractivity contribution >= 4 is 29.9 Å². The second-order valence-corrected chi connectivity index (χ2v) is 6.16. The van der Waals surface area contributed by atoms with Crippen molar-refractivity contribution in [3.8, 4) is 23.0 Å². The molecule has 30 heavy (non-hydrogen) atoms. The smallest absolute Gasteiger partial charge is 0.191 e. The number of hydrogen-bond acceptors (Lipinski definition) is 5. The second-order valence-electron chi connectivity index (χ2n) is 6.16. The molecule has 0 saturated carbocycles. The lowest BCUT2D eigenvalue weighted by atomic mass is 10.2. The number of nitrogens with one attached hydrogen (secondary N) is 2. The normalized spacial score (nSPS) is 10.6. The van der Waals surface area contributed by atoms with E-state index in [0.717, 1.165) is 35.1 Å². The lowest BCUT2D eigenvalue weighted by Gasteiger charge is -2.14. The number of benzene rings is 2. The molecule has 0 spiro atoms. The van der Waals surface area contributed by atoms with Crippen LogP contribution in [0.1, 0.15) is 25.0 Å². The summed E-state index contributed by atoms with van der Waals surface area (Å²) in [5.74, 6) is 3.59. The Kier molecular flexibility index (Phi) is 11.8. The topological polar surface area (TPSA) is 73.3 Å². The number of aliphatic imine (C=N–C) groups is 1. The first-order valence-corrected chi connectivity index (χ1v) is 9.67. The Bertz CT molecular complexity index is 815. The van der Waals surface area contributed by atoms with Crippen LogP contribution in [0.25, 0.3) is 0 Å². The van der Waals surface area contributed by atoms with Gasteiger partial charge >= 0.3 is 0 Å². The van der Waals surface area contributed by atoms with E-state index in [1.54, 1.807) is 21.3 Å². The van der Waals surface area contributed by atoms with E-state index >= 15 is 0 Å². The lowest BCUT2D eigenvalue weighted by Crippen LogP contribution is -2.36. The van der Waals surface area contributed by atoms with Crippen LogP contribution in [0.15, 0.2) is 41.4 Å². The van der Waals surface area contributed by atoms with Gasteiger partial charge in [-0.15, -0.1) is 24.0 Å². The van der Waals surface area contributed by atoms with Gasteiger partial charge in [0, 0.05) is 13.1 Å². The minimum atomic E-state index is 0. The monoisotopic (exact) mass is 529 g/mol. The Hall–Kier alpha value is -2.36. The number of ether oxygens (including phenoxy) is 4. The van der Waals surface area contributed by atoms with Crippen LogP contribution >= 0.6 is 24.0 Å². The molecule has 2 N–H and O–H groups in total. The minimum Gasteiger partial charge on any atom is -0.493 e. The summed E-state index contributed by atoms with van der Waals surface area (Å²) >= 11 is 0. The average molecular weight is 529 g/mol. The number of guanidine groups is 1. The van der Waals surface area contributed by atoms with Crippen molar-refractivity contribution in [2.24, 2.45) is 4.99 Å². The lowest BCUT2D eigenvalue weighted by molar-refractivity contribution is 0.310. The van der Waals surface area contributed by atoms with Gasteiger partial charge in [-0.25, -0.2) is 4.99 Å². The summed E-state index contributed by atoms with van der Waals surface area (Å²) in [5.41, 5.74) is 2.11. The number of methoxy groups -OCH3 is 3. The van der Waals surface area contributed by atoms with Crippen LogP contribution in [0.4, 0.5) is 0 Å². The van der Waals surface area contributed by atoms with Crippen LogP contribution in [-0.4, -0.2) is 40.4 Å². The Morgan fingerprint density at radius 1 is 0.800 bits per heavy atom. The first-order chi connectivity index (χ1) is 14.1. The van der Waals surface area contributed by atoms with E-state index < -0.39 is 0 Å². The van der Waals surface area contributed by atoms with Crippen molar-refractivity contribution in [3.05, 3.63) is 47.5 Å². The van der Waals surface area contributed by atoms with E-state index in [1.807, 2.05) is 50.2 Å². The van der Waals surface area contributed by atoms with Crippen molar-refractivity contribution in [2.75, 3.05) is 34.5 Å². The van der Waals surface area contributed by atoms with Gasteiger partial charge < -0.3 is 29.6 Å². The fourth-order valence-electron chi connectivity index (χ4n) is 2.78. The third-order valence-electron chi connectivity index (χ3n) is 4.20. The maximum atomic E-state index is 5.64. The molecule has 0 atom stereocenters. The molecule has 0 aliphatic heterocycles. The third-order valence-corrected chi connectivity index (χ3v) is 4.20. The van der Waals surface area contributed by atoms with Gasteiger partial charge in [0.15, 0.2) is 29.0 Å². The van der Waals surface area contributed by atoms with Crippen molar-refractivity contribution in [1.82, 2.24) is 10.6 Å². The average Bonchev–Trinajstić information content (AvgIpc) is 2.75. The third kappa shape index (κ3) is 7.47. The van der Waals surface area contributed by atoms with E-state index in [2.05, 4.69) is 15.6 Å². The molecular formula is C22H32IN3O4. The van der Waals surface area contributed by atoms with Crippen molar-refractivity contribution in [2.45, 2.75) is 26.9 Å². The van der Waals surface area contributed by atoms with Crippen LogP contribution in [0, 0.1) is 0 Å². The summed E-state index contributed by atoms with van der Waals surface area (Å²) in [6.07, 6.45) is 0. The number of nitrogens with zero attached hydrogens (tertiary/aromatic N) is 1. The van der Waals surface area contributed by atoms with Crippen LogP contribution in [-0.2, 0) is 13.1 Å². The molecule has 0 radical (unpaired) electrons. The summed E-state index contributed by atoms with van der Waals surface area (Å²) < 4.78 is 21.6. The summed E-state index contributed by atoms with van der Waals surface area (Å²) in [6, 6.07) is 11.7. The van der Waals surface area contributed by atoms with Gasteiger partial charge in [-0.3, -0.25) is 0 Å². The van der Waals surface area contributed by atoms with Gasteiger partial charge in [-0.05, 0) is 49.2 Å². The van der Waals surface area contributed by atoms with E-state index in [-0.39, 0.29) is 24.0 Å². The van der Waals surface area contributed by atoms with Crippen molar-refractivity contribution in [1.29, 1.82) is 0 Å². The molecule has 0 heterocycles. The van der Waals surface area contributed by atoms with Crippen LogP contribution in [0.2, 0.25) is 0 Å². The standard InChI is InChI=1S/C22H31N3O4.HI/c1-6-23-22(24-14-16-8-10-18(26-3)20(12-16)28-5)25-15-17-9-11-19(27-4)21(13-17)29-7-2;/h8-13H,6-7,14-15H2,1-5H3,(H2,23,24,25);1H. The zero-order valence-electron chi connectivity index (χ0n) is 18.3. The van der Waals surface area contributed by atoms with Crippen molar-refractivity contribution < 1.29 is 18.9 Å².